The lowest BCUT2D eigenvalue weighted by molar-refractivity contribution is 0.771. The molecule has 4 heteroatoms. The molecule has 3 aromatic heterocycles. The first kappa shape index (κ1) is 32.5. The Bertz CT molecular complexity index is 3330. The van der Waals surface area contributed by atoms with Gasteiger partial charge in [0.15, 0.2) is 0 Å². The van der Waals surface area contributed by atoms with Gasteiger partial charge in [0.05, 0.1) is 33.9 Å². The van der Waals surface area contributed by atoms with Crippen LogP contribution in [0.3, 0.4) is 0 Å². The van der Waals surface area contributed by atoms with Crippen molar-refractivity contribution in [2.75, 3.05) is 0 Å². The number of hydrogen-bond acceptors (Lipinski definition) is 3. The normalized spacial score (nSPS) is 13.0. The van der Waals surface area contributed by atoms with Gasteiger partial charge in [0.1, 0.15) is 0 Å². The van der Waals surface area contributed by atoms with Gasteiger partial charge in [-0.2, -0.15) is 0 Å². The smallest absolute Gasteiger partial charge is 0.235 e. The van der Waals surface area contributed by atoms with Crippen LogP contribution in [0.5, 0.6) is 0 Å². The molecule has 0 atom stereocenters. The summed E-state index contributed by atoms with van der Waals surface area (Å²) in [5.74, 6) is 0.609. The van der Waals surface area contributed by atoms with Gasteiger partial charge in [-0.05, 0) is 61.8 Å². The molecule has 270 valence electrons. The van der Waals surface area contributed by atoms with Crippen LogP contribution in [-0.2, 0) is 5.41 Å². The average molecular weight is 739 g/mol. The summed E-state index contributed by atoms with van der Waals surface area (Å²) in [7, 11) is 0. The van der Waals surface area contributed by atoms with E-state index < -0.39 is 5.41 Å². The molecule has 12 rings (SSSR count). The topological polar surface area (TPSA) is 43.6 Å². The molecule has 0 spiro atoms. The lowest BCUT2D eigenvalue weighted by Gasteiger charge is -2.34. The minimum atomic E-state index is -0.663. The van der Waals surface area contributed by atoms with Crippen molar-refractivity contribution in [1.82, 2.24) is 19.5 Å². The summed E-state index contributed by atoms with van der Waals surface area (Å²) in [5.41, 5.74) is 13.9. The molecule has 0 saturated heterocycles. The summed E-state index contributed by atoms with van der Waals surface area (Å²) >= 11 is 0. The maximum atomic E-state index is 5.59. The molecule has 1 aliphatic carbocycles. The molecule has 0 aliphatic heterocycles. The largest absolute Gasteiger partial charge is 0.276 e. The van der Waals surface area contributed by atoms with Crippen LogP contribution in [0.4, 0.5) is 0 Å². The van der Waals surface area contributed by atoms with Gasteiger partial charge in [-0.25, -0.2) is 9.97 Å². The van der Waals surface area contributed by atoms with Gasteiger partial charge < -0.3 is 0 Å². The van der Waals surface area contributed by atoms with Crippen LogP contribution in [0.15, 0.2) is 207 Å². The highest BCUT2D eigenvalue weighted by atomic mass is 15.2. The van der Waals surface area contributed by atoms with Crippen LogP contribution in [0, 0.1) is 0 Å². The quantitative estimate of drug-likeness (QED) is 0.177. The molecule has 8 aromatic carbocycles. The van der Waals surface area contributed by atoms with Gasteiger partial charge in [0, 0.05) is 33.5 Å². The van der Waals surface area contributed by atoms with E-state index >= 15 is 0 Å². The van der Waals surface area contributed by atoms with E-state index in [9.17, 15) is 0 Å². The molecule has 0 saturated carbocycles. The standard InChI is InChI=1S/C54H34N4/c1-4-16-35(17-5-1)36-28-30-37(31-29-36)51-43-25-13-15-27-46(43)56-53(57-51)58-47-34-55-33-32-44(47)49-41-23-11-10-22-40(41)48-42-24-12-14-26-45(42)54(50(48)52(49)58,38-18-6-2-7-19-38)39-20-8-3-9-21-39/h1-34H. The number of pyridine rings is 1. The van der Waals surface area contributed by atoms with Crippen molar-refractivity contribution in [1.29, 1.82) is 0 Å². The molecule has 1 aliphatic rings. The Balaban J connectivity index is 1.26. The summed E-state index contributed by atoms with van der Waals surface area (Å²) in [6.07, 6.45) is 3.89. The number of hydrogen-bond donors (Lipinski definition) is 0. The number of para-hydroxylation sites is 1. The molecule has 0 amide bonds. The van der Waals surface area contributed by atoms with Crippen molar-refractivity contribution in [3.63, 3.8) is 0 Å². The number of benzene rings is 8. The van der Waals surface area contributed by atoms with Crippen molar-refractivity contribution in [3.05, 3.63) is 229 Å². The van der Waals surface area contributed by atoms with E-state index in [0.717, 1.165) is 44.1 Å². The van der Waals surface area contributed by atoms with E-state index in [4.69, 9.17) is 15.0 Å². The zero-order valence-corrected chi connectivity index (χ0v) is 31.4. The van der Waals surface area contributed by atoms with Crippen molar-refractivity contribution in [3.8, 4) is 39.5 Å². The van der Waals surface area contributed by atoms with E-state index in [1.807, 2.05) is 12.4 Å². The first-order valence-corrected chi connectivity index (χ1v) is 19.8. The third kappa shape index (κ3) is 4.54. The summed E-state index contributed by atoms with van der Waals surface area (Å²) in [5, 5.41) is 5.70. The van der Waals surface area contributed by atoms with E-state index in [-0.39, 0.29) is 0 Å². The molecular formula is C54H34N4. The fraction of sp³-hybridized carbons (Fsp3) is 0.0185. The van der Waals surface area contributed by atoms with Crippen LogP contribution >= 0.6 is 0 Å². The fourth-order valence-electron chi connectivity index (χ4n) is 9.81. The van der Waals surface area contributed by atoms with Crippen LogP contribution < -0.4 is 0 Å². The van der Waals surface area contributed by atoms with Gasteiger partial charge in [-0.3, -0.25) is 9.55 Å². The van der Waals surface area contributed by atoms with E-state index in [0.29, 0.717) is 5.95 Å². The van der Waals surface area contributed by atoms with Gasteiger partial charge in [-0.15, -0.1) is 0 Å². The molecule has 4 nitrogen and oxygen atoms in total. The second-order valence-electron chi connectivity index (χ2n) is 15.1. The Hall–Kier alpha value is -7.69. The Kier molecular flexibility index (Phi) is 7.11. The van der Waals surface area contributed by atoms with Gasteiger partial charge in [0.2, 0.25) is 5.95 Å². The van der Waals surface area contributed by atoms with Crippen LogP contribution in [0.25, 0.3) is 82.9 Å². The highest BCUT2D eigenvalue weighted by Gasteiger charge is 2.49. The molecule has 0 unspecified atom stereocenters. The highest BCUT2D eigenvalue weighted by molar-refractivity contribution is 6.27. The molecule has 3 heterocycles. The van der Waals surface area contributed by atoms with E-state index in [1.54, 1.807) is 0 Å². The minimum Gasteiger partial charge on any atom is -0.276 e. The first-order valence-electron chi connectivity index (χ1n) is 19.8. The molecule has 0 radical (unpaired) electrons. The minimum absolute atomic E-state index is 0.609. The Morgan fingerprint density at radius 1 is 0.448 bits per heavy atom. The van der Waals surface area contributed by atoms with Crippen molar-refractivity contribution in [2.45, 2.75) is 5.41 Å². The van der Waals surface area contributed by atoms with Gasteiger partial charge in [-0.1, -0.05) is 182 Å². The number of fused-ring (bicyclic) bond motifs is 11. The van der Waals surface area contributed by atoms with E-state index in [1.165, 1.54) is 55.1 Å². The van der Waals surface area contributed by atoms with E-state index in [2.05, 4.69) is 199 Å². The second-order valence-corrected chi connectivity index (χ2v) is 15.1. The highest BCUT2D eigenvalue weighted by Crippen LogP contribution is 2.61. The van der Waals surface area contributed by atoms with Crippen LogP contribution in [0.1, 0.15) is 22.3 Å². The molecule has 11 aromatic rings. The molecule has 0 N–H and O–H groups in total. The second kappa shape index (κ2) is 12.7. The van der Waals surface area contributed by atoms with Crippen molar-refractivity contribution >= 4 is 43.5 Å². The SMILES string of the molecule is c1ccc(-c2ccc(-c3nc(-n4c5cnccc5c5c6ccccc6c6c(c54)C(c4ccccc4)(c4ccccc4)c4ccccc4-6)nc4ccccc34)cc2)cc1. The maximum Gasteiger partial charge on any atom is 0.235 e. The lowest BCUT2D eigenvalue weighted by atomic mass is 9.67. The lowest BCUT2D eigenvalue weighted by Crippen LogP contribution is -2.29. The predicted molar refractivity (Wildman–Crippen MR) is 237 cm³/mol. The summed E-state index contributed by atoms with van der Waals surface area (Å²) in [6, 6.07) is 69.7. The Morgan fingerprint density at radius 2 is 1.03 bits per heavy atom. The monoisotopic (exact) mass is 738 g/mol. The summed E-state index contributed by atoms with van der Waals surface area (Å²) < 4.78 is 2.31. The molecule has 0 bridgehead atoms. The predicted octanol–water partition coefficient (Wildman–Crippen LogP) is 13.0. The van der Waals surface area contributed by atoms with Crippen molar-refractivity contribution < 1.29 is 0 Å². The summed E-state index contributed by atoms with van der Waals surface area (Å²) in [4.78, 5) is 15.8. The molecule has 58 heavy (non-hydrogen) atoms. The summed E-state index contributed by atoms with van der Waals surface area (Å²) in [6.45, 7) is 0. The fourth-order valence-corrected chi connectivity index (χ4v) is 9.81. The maximum absolute atomic E-state index is 5.59. The molecule has 0 fully saturated rings. The van der Waals surface area contributed by atoms with Crippen LogP contribution in [-0.4, -0.2) is 19.5 Å². The zero-order chi connectivity index (χ0) is 38.2. The number of aromatic nitrogens is 4. The third-order valence-electron chi connectivity index (χ3n) is 12.2. The van der Waals surface area contributed by atoms with Gasteiger partial charge >= 0.3 is 0 Å². The van der Waals surface area contributed by atoms with Crippen molar-refractivity contribution in [2.24, 2.45) is 0 Å². The van der Waals surface area contributed by atoms with Crippen LogP contribution in [0.2, 0.25) is 0 Å². The Morgan fingerprint density at radius 3 is 1.78 bits per heavy atom. The van der Waals surface area contributed by atoms with Gasteiger partial charge in [0.25, 0.3) is 0 Å². The third-order valence-corrected chi connectivity index (χ3v) is 12.2. The average Bonchev–Trinajstić information content (AvgIpc) is 3.82. The first-order chi connectivity index (χ1) is 28.8. The number of nitrogens with zero attached hydrogens (tertiary/aromatic N) is 4. The Labute approximate surface area is 335 Å². The zero-order valence-electron chi connectivity index (χ0n) is 31.4. The molecular weight excluding hydrogens is 705 g/mol. The number of rotatable bonds is 5.